The van der Waals surface area contributed by atoms with Gasteiger partial charge in [-0.3, -0.25) is 10.1 Å². The monoisotopic (exact) mass is 355 g/mol. The number of hydrogen-bond donors (Lipinski definition) is 1. The predicted octanol–water partition coefficient (Wildman–Crippen LogP) is 3.51. The molecule has 0 unspecified atom stereocenters. The van der Waals surface area contributed by atoms with Crippen molar-refractivity contribution in [3.8, 4) is 5.75 Å². The number of aromatic nitrogens is 1. The summed E-state index contributed by atoms with van der Waals surface area (Å²) in [6.07, 6.45) is 1.45. The SMILES string of the molecule is COc1ccc(CNc2ncc(Br)cc2[N+](=O)[O-])cc1F. The number of ether oxygens (including phenoxy) is 1. The van der Waals surface area contributed by atoms with Crippen LogP contribution in [0.15, 0.2) is 34.9 Å². The molecule has 0 aliphatic rings. The van der Waals surface area contributed by atoms with Gasteiger partial charge in [0.25, 0.3) is 0 Å². The molecule has 6 nitrogen and oxygen atoms in total. The maximum atomic E-state index is 13.6. The van der Waals surface area contributed by atoms with Crippen molar-refractivity contribution in [3.05, 3.63) is 56.4 Å². The Balaban J connectivity index is 2.16. The zero-order valence-electron chi connectivity index (χ0n) is 11.0. The number of benzene rings is 1. The minimum atomic E-state index is -0.533. The molecule has 1 aromatic carbocycles. The van der Waals surface area contributed by atoms with E-state index in [4.69, 9.17) is 4.74 Å². The van der Waals surface area contributed by atoms with Crippen molar-refractivity contribution >= 4 is 27.4 Å². The molecule has 1 N–H and O–H groups in total. The fourth-order valence-corrected chi connectivity index (χ4v) is 2.03. The number of halogens is 2. The summed E-state index contributed by atoms with van der Waals surface area (Å²) in [5.74, 6) is -0.221. The van der Waals surface area contributed by atoms with E-state index in [0.29, 0.717) is 10.0 Å². The van der Waals surface area contributed by atoms with Crippen LogP contribution in [0.4, 0.5) is 15.9 Å². The Kier molecular flexibility index (Phi) is 4.69. The number of pyridine rings is 1. The lowest BCUT2D eigenvalue weighted by atomic mass is 10.2. The Bertz CT molecular complexity index is 682. The fourth-order valence-electron chi connectivity index (χ4n) is 1.71. The first-order valence-electron chi connectivity index (χ1n) is 5.87. The number of methoxy groups -OCH3 is 1. The summed E-state index contributed by atoms with van der Waals surface area (Å²) in [6.45, 7) is 0.205. The van der Waals surface area contributed by atoms with E-state index >= 15 is 0 Å². The number of nitrogens with zero attached hydrogens (tertiary/aromatic N) is 2. The lowest BCUT2D eigenvalue weighted by Crippen LogP contribution is -2.05. The van der Waals surface area contributed by atoms with Crippen LogP contribution < -0.4 is 10.1 Å². The van der Waals surface area contributed by atoms with Gasteiger partial charge in [0.1, 0.15) is 0 Å². The van der Waals surface area contributed by atoms with Gasteiger partial charge in [-0.2, -0.15) is 0 Å². The summed E-state index contributed by atoms with van der Waals surface area (Å²) < 4.78 is 18.9. The van der Waals surface area contributed by atoms with Crippen molar-refractivity contribution in [2.45, 2.75) is 6.54 Å². The molecule has 8 heteroatoms. The van der Waals surface area contributed by atoms with Crippen LogP contribution in [-0.4, -0.2) is 17.0 Å². The van der Waals surface area contributed by atoms with Crippen molar-refractivity contribution < 1.29 is 14.1 Å². The first-order valence-corrected chi connectivity index (χ1v) is 6.67. The molecule has 0 saturated carbocycles. The van der Waals surface area contributed by atoms with Gasteiger partial charge >= 0.3 is 5.69 Å². The zero-order chi connectivity index (χ0) is 15.4. The van der Waals surface area contributed by atoms with E-state index in [1.165, 1.54) is 31.5 Å². The van der Waals surface area contributed by atoms with Gasteiger partial charge in [-0.1, -0.05) is 6.07 Å². The van der Waals surface area contributed by atoms with E-state index < -0.39 is 10.7 Å². The molecule has 0 aliphatic carbocycles. The second kappa shape index (κ2) is 6.49. The largest absolute Gasteiger partial charge is 0.494 e. The molecule has 0 saturated heterocycles. The van der Waals surface area contributed by atoms with Crippen LogP contribution in [0.2, 0.25) is 0 Å². The van der Waals surface area contributed by atoms with Crippen molar-refractivity contribution in [3.63, 3.8) is 0 Å². The Morgan fingerprint density at radius 2 is 2.24 bits per heavy atom. The first kappa shape index (κ1) is 15.2. The molecule has 0 spiro atoms. The highest BCUT2D eigenvalue weighted by atomic mass is 79.9. The molecule has 1 heterocycles. The maximum Gasteiger partial charge on any atom is 0.312 e. The van der Waals surface area contributed by atoms with Gasteiger partial charge in [0.05, 0.1) is 12.0 Å². The Labute approximate surface area is 128 Å². The number of anilines is 1. The number of rotatable bonds is 5. The lowest BCUT2D eigenvalue weighted by Gasteiger charge is -2.08. The highest BCUT2D eigenvalue weighted by Crippen LogP contribution is 2.26. The van der Waals surface area contributed by atoms with E-state index in [2.05, 4.69) is 26.2 Å². The van der Waals surface area contributed by atoms with Crippen LogP contribution in [0, 0.1) is 15.9 Å². The van der Waals surface area contributed by atoms with Crippen molar-refractivity contribution in [1.82, 2.24) is 4.98 Å². The molecule has 0 bridgehead atoms. The van der Waals surface area contributed by atoms with E-state index in [1.807, 2.05) is 0 Å². The molecule has 110 valence electrons. The van der Waals surface area contributed by atoms with Crippen LogP contribution in [0.5, 0.6) is 5.75 Å². The highest BCUT2D eigenvalue weighted by Gasteiger charge is 2.15. The fraction of sp³-hybridized carbons (Fsp3) is 0.154. The standard InChI is InChI=1S/C13H11BrFN3O3/c1-21-12-3-2-8(4-10(12)15)6-16-13-11(18(19)20)5-9(14)7-17-13/h2-5,7H,6H2,1H3,(H,16,17). The summed E-state index contributed by atoms with van der Waals surface area (Å²) in [5, 5.41) is 13.8. The Morgan fingerprint density at radius 1 is 1.48 bits per heavy atom. The van der Waals surface area contributed by atoms with Gasteiger partial charge in [-0.05, 0) is 33.6 Å². The van der Waals surface area contributed by atoms with E-state index in [0.717, 1.165) is 0 Å². The molecular weight excluding hydrogens is 345 g/mol. The Morgan fingerprint density at radius 3 is 2.86 bits per heavy atom. The molecule has 1 aromatic heterocycles. The van der Waals surface area contributed by atoms with E-state index in [1.54, 1.807) is 6.07 Å². The van der Waals surface area contributed by atoms with Gasteiger partial charge in [-0.25, -0.2) is 9.37 Å². The van der Waals surface area contributed by atoms with Gasteiger partial charge < -0.3 is 10.1 Å². The molecule has 0 amide bonds. The summed E-state index contributed by atoms with van der Waals surface area (Å²) in [7, 11) is 1.38. The summed E-state index contributed by atoms with van der Waals surface area (Å²) in [4.78, 5) is 14.4. The molecule has 0 aliphatic heterocycles. The lowest BCUT2D eigenvalue weighted by molar-refractivity contribution is -0.384. The summed E-state index contributed by atoms with van der Waals surface area (Å²) in [5.41, 5.74) is 0.464. The van der Waals surface area contributed by atoms with E-state index in [9.17, 15) is 14.5 Å². The maximum absolute atomic E-state index is 13.6. The third-order valence-corrected chi connectivity index (χ3v) is 3.14. The number of hydrogen-bond acceptors (Lipinski definition) is 5. The zero-order valence-corrected chi connectivity index (χ0v) is 12.6. The summed E-state index contributed by atoms with van der Waals surface area (Å²) in [6, 6.07) is 5.82. The predicted molar refractivity (Wildman–Crippen MR) is 78.9 cm³/mol. The van der Waals surface area contributed by atoms with Crippen LogP contribution in [0.3, 0.4) is 0 Å². The molecular formula is C13H11BrFN3O3. The topological polar surface area (TPSA) is 77.3 Å². The quantitative estimate of drug-likeness (QED) is 0.655. The minimum Gasteiger partial charge on any atom is -0.494 e. The van der Waals surface area contributed by atoms with Gasteiger partial charge in [0.2, 0.25) is 5.82 Å². The van der Waals surface area contributed by atoms with Gasteiger partial charge in [0.15, 0.2) is 11.6 Å². The van der Waals surface area contributed by atoms with Crippen molar-refractivity contribution in [2.75, 3.05) is 12.4 Å². The first-order chi connectivity index (χ1) is 10.0. The second-order valence-corrected chi connectivity index (χ2v) is 5.02. The number of nitrogens with one attached hydrogen (secondary N) is 1. The summed E-state index contributed by atoms with van der Waals surface area (Å²) >= 11 is 3.13. The van der Waals surface area contributed by atoms with Crippen molar-refractivity contribution in [1.29, 1.82) is 0 Å². The van der Waals surface area contributed by atoms with Crippen LogP contribution in [0.1, 0.15) is 5.56 Å². The second-order valence-electron chi connectivity index (χ2n) is 4.10. The minimum absolute atomic E-state index is 0.124. The normalized spacial score (nSPS) is 10.2. The number of nitro groups is 1. The van der Waals surface area contributed by atoms with Crippen LogP contribution >= 0.6 is 15.9 Å². The van der Waals surface area contributed by atoms with Crippen LogP contribution in [0.25, 0.3) is 0 Å². The van der Waals surface area contributed by atoms with Crippen LogP contribution in [-0.2, 0) is 6.54 Å². The van der Waals surface area contributed by atoms with E-state index in [-0.39, 0.29) is 23.8 Å². The molecule has 2 aromatic rings. The van der Waals surface area contributed by atoms with Gasteiger partial charge in [-0.15, -0.1) is 0 Å². The smallest absolute Gasteiger partial charge is 0.312 e. The molecule has 0 radical (unpaired) electrons. The average molecular weight is 356 g/mol. The Hall–Kier alpha value is -2.22. The molecule has 0 atom stereocenters. The molecule has 2 rings (SSSR count). The third-order valence-electron chi connectivity index (χ3n) is 2.71. The molecule has 0 fully saturated rings. The average Bonchev–Trinajstić information content (AvgIpc) is 2.46. The van der Waals surface area contributed by atoms with Crippen molar-refractivity contribution in [2.24, 2.45) is 0 Å². The van der Waals surface area contributed by atoms with Gasteiger partial charge in [0, 0.05) is 23.3 Å². The highest BCUT2D eigenvalue weighted by molar-refractivity contribution is 9.10. The molecule has 21 heavy (non-hydrogen) atoms. The third kappa shape index (κ3) is 3.66.